The third-order valence-electron chi connectivity index (χ3n) is 6.27. The van der Waals surface area contributed by atoms with Crippen molar-refractivity contribution in [2.45, 2.75) is 26.8 Å². The number of ketones is 1. The summed E-state index contributed by atoms with van der Waals surface area (Å²) in [5.74, 6) is -1.67. The molecule has 1 unspecified atom stereocenters. The van der Waals surface area contributed by atoms with E-state index in [0.717, 1.165) is 11.4 Å². The van der Waals surface area contributed by atoms with Crippen LogP contribution in [0.2, 0.25) is 0 Å². The summed E-state index contributed by atoms with van der Waals surface area (Å²) in [6.45, 7) is 5.36. The number of carboxylic acid groups (broad SMARTS) is 1. The number of carboxylic acids is 1. The van der Waals surface area contributed by atoms with E-state index in [1.807, 2.05) is 47.4 Å². The molecule has 3 amide bonds. The Kier molecular flexibility index (Phi) is 9.77. The number of carbonyl (C=O) groups is 4. The summed E-state index contributed by atoms with van der Waals surface area (Å²) in [5.41, 5.74) is 1.73. The minimum Gasteiger partial charge on any atom is -1.00 e. The number of nitrogens with zero attached hydrogens (tertiary/aromatic N) is 2. The van der Waals surface area contributed by atoms with Crippen LogP contribution < -0.4 is 20.4 Å². The van der Waals surface area contributed by atoms with Crippen LogP contribution in [0.15, 0.2) is 78.9 Å². The maximum absolute atomic E-state index is 13.9. The van der Waals surface area contributed by atoms with Crippen molar-refractivity contribution < 1.29 is 27.1 Å². The second-order valence-corrected chi connectivity index (χ2v) is 10.1. The Balaban J connectivity index is 0.00000280. The van der Waals surface area contributed by atoms with Crippen molar-refractivity contribution >= 4 is 84.2 Å². The van der Waals surface area contributed by atoms with Crippen LogP contribution in [0.1, 0.15) is 34.0 Å². The monoisotopic (exact) mass is 556 g/mol. The number of nitrogens with one attached hydrogen (secondary N) is 2. The second kappa shape index (κ2) is 12.6. The van der Waals surface area contributed by atoms with Crippen molar-refractivity contribution in [3.8, 4) is 0 Å². The number of Topliss-reactive ketones (excluding diaryl/α,β-unsaturated/α-hetero) is 1. The zero-order valence-electron chi connectivity index (χ0n) is 24.2. The zero-order chi connectivity index (χ0) is 27.4. The molecular formula is C29H32CaN4O5. The van der Waals surface area contributed by atoms with E-state index in [9.17, 15) is 24.3 Å². The van der Waals surface area contributed by atoms with Crippen molar-refractivity contribution in [2.75, 3.05) is 28.2 Å². The second-order valence-electron chi connectivity index (χ2n) is 10.1. The van der Waals surface area contributed by atoms with Gasteiger partial charge in [0, 0.05) is 16.8 Å². The Morgan fingerprint density at radius 1 is 0.949 bits per heavy atom. The Bertz CT molecular complexity index is 1380. The van der Waals surface area contributed by atoms with E-state index >= 15 is 0 Å². The number of carbonyl (C=O) groups excluding carboxylic acids is 3. The molecule has 3 aromatic carbocycles. The fraction of sp³-hybridized carbons (Fsp3) is 0.241. The van der Waals surface area contributed by atoms with E-state index in [4.69, 9.17) is 0 Å². The van der Waals surface area contributed by atoms with Crippen molar-refractivity contribution in [1.29, 1.82) is 0 Å². The summed E-state index contributed by atoms with van der Waals surface area (Å²) >= 11 is 0. The van der Waals surface area contributed by atoms with Crippen LogP contribution in [0.4, 0.5) is 27.5 Å². The van der Waals surface area contributed by atoms with E-state index in [2.05, 4.69) is 10.6 Å². The average Bonchev–Trinajstić information content (AvgIpc) is 2.99. The predicted molar refractivity (Wildman–Crippen MR) is 154 cm³/mol. The van der Waals surface area contributed by atoms with E-state index < -0.39 is 29.4 Å². The molecule has 3 N–H and O–H groups in total. The zero-order valence-corrected chi connectivity index (χ0v) is 24.4. The number of rotatable bonds is 6. The van der Waals surface area contributed by atoms with Gasteiger partial charge in [-0.3, -0.25) is 9.59 Å². The minimum absolute atomic E-state index is 0. The number of para-hydroxylation sites is 3. The molecule has 4 rings (SSSR count). The molecule has 1 aliphatic heterocycles. The Hall–Kier alpha value is -3.40. The molecule has 10 heteroatoms. The van der Waals surface area contributed by atoms with Gasteiger partial charge in [0.05, 0.1) is 30.0 Å². The molecule has 0 saturated heterocycles. The number of fused-ring (bicyclic) bond motifs is 1. The smallest absolute Gasteiger partial charge is 1.00 e. The summed E-state index contributed by atoms with van der Waals surface area (Å²) in [4.78, 5) is 54.6. The molecule has 3 aromatic rings. The fourth-order valence-electron chi connectivity index (χ4n) is 4.15. The Morgan fingerprint density at radius 3 is 2.23 bits per heavy atom. The summed E-state index contributed by atoms with van der Waals surface area (Å²) in [7, 11) is 0. The van der Waals surface area contributed by atoms with Gasteiger partial charge in [-0.25, -0.2) is 9.59 Å². The van der Waals surface area contributed by atoms with Gasteiger partial charge in [-0.1, -0.05) is 57.2 Å². The van der Waals surface area contributed by atoms with Gasteiger partial charge in [-0.2, -0.15) is 0 Å². The molecule has 200 valence electrons. The van der Waals surface area contributed by atoms with Crippen molar-refractivity contribution in [3.63, 3.8) is 0 Å². The van der Waals surface area contributed by atoms with Crippen LogP contribution in [0, 0.1) is 5.41 Å². The Labute approximate surface area is 260 Å². The van der Waals surface area contributed by atoms with Crippen molar-refractivity contribution in [3.05, 3.63) is 84.4 Å². The maximum atomic E-state index is 13.9. The third-order valence-corrected chi connectivity index (χ3v) is 6.27. The molecule has 1 heterocycles. The number of amides is 3. The molecule has 0 bridgehead atoms. The number of benzene rings is 3. The molecular weight excluding hydrogens is 524 g/mol. The number of anilines is 4. The van der Waals surface area contributed by atoms with Gasteiger partial charge in [0.15, 0.2) is 5.78 Å². The normalized spacial score (nSPS) is 14.9. The van der Waals surface area contributed by atoms with Crippen molar-refractivity contribution in [1.82, 2.24) is 5.32 Å². The van der Waals surface area contributed by atoms with Gasteiger partial charge < -0.3 is 28.4 Å². The van der Waals surface area contributed by atoms with Crippen LogP contribution in [0.5, 0.6) is 0 Å². The molecule has 0 spiro atoms. The molecule has 0 aliphatic carbocycles. The molecule has 1 aliphatic rings. The van der Waals surface area contributed by atoms with Gasteiger partial charge in [-0.15, -0.1) is 0 Å². The first kappa shape index (κ1) is 30.1. The first-order valence-electron chi connectivity index (χ1n) is 12.2. The minimum atomic E-state index is -1.12. The standard InChI is InChI=1S/C29H30N4O5.Ca.2H/c1-29(2,3)25(34)18-33-24-15-8-7-14-23(24)32(21-12-5-4-6-13-21)17-22(26(33)35)31-28(38)30-20-11-9-10-19(16-20)27(36)37;;;/h4-16,22H,17-18H2,1-3H3,(H,36,37)(H2,30,31,38);;;/q;+2;2*-1. The summed E-state index contributed by atoms with van der Waals surface area (Å²) in [5, 5.41) is 14.6. The molecule has 9 nitrogen and oxygen atoms in total. The van der Waals surface area contributed by atoms with E-state index in [-0.39, 0.29) is 70.7 Å². The number of hydrogen-bond donors (Lipinski definition) is 3. The fourth-order valence-corrected chi connectivity index (χ4v) is 4.15. The third kappa shape index (κ3) is 7.17. The number of aromatic carboxylic acids is 1. The van der Waals surface area contributed by atoms with Crippen LogP contribution in [0.25, 0.3) is 0 Å². The van der Waals surface area contributed by atoms with Gasteiger partial charge in [0.25, 0.3) is 5.91 Å². The Morgan fingerprint density at radius 2 is 1.59 bits per heavy atom. The van der Waals surface area contributed by atoms with Crippen LogP contribution in [-0.2, 0) is 9.59 Å². The summed E-state index contributed by atoms with van der Waals surface area (Å²) < 4.78 is 0. The first-order chi connectivity index (χ1) is 18.0. The largest absolute Gasteiger partial charge is 2.00 e. The van der Waals surface area contributed by atoms with Crippen LogP contribution >= 0.6 is 0 Å². The summed E-state index contributed by atoms with van der Waals surface area (Å²) in [6.07, 6.45) is 0. The molecule has 0 aromatic heterocycles. The predicted octanol–water partition coefficient (Wildman–Crippen LogP) is 4.52. The van der Waals surface area contributed by atoms with Gasteiger partial charge in [0.2, 0.25) is 0 Å². The topological polar surface area (TPSA) is 119 Å². The average molecular weight is 557 g/mol. The molecule has 0 fully saturated rings. The quantitative estimate of drug-likeness (QED) is 0.384. The molecule has 0 saturated carbocycles. The van der Waals surface area contributed by atoms with Gasteiger partial charge >= 0.3 is 49.7 Å². The molecule has 1 atom stereocenters. The molecule has 39 heavy (non-hydrogen) atoms. The molecule has 0 radical (unpaired) electrons. The van der Waals surface area contributed by atoms with Gasteiger partial charge in [0.1, 0.15) is 6.04 Å². The van der Waals surface area contributed by atoms with E-state index in [0.29, 0.717) is 5.69 Å². The maximum Gasteiger partial charge on any atom is 2.00 e. The number of urea groups is 1. The van der Waals surface area contributed by atoms with Crippen LogP contribution in [-0.4, -0.2) is 85.7 Å². The van der Waals surface area contributed by atoms with Crippen molar-refractivity contribution in [2.24, 2.45) is 5.41 Å². The van der Waals surface area contributed by atoms with E-state index in [1.165, 1.54) is 23.1 Å². The SMILES string of the molecule is CC(C)(C)C(=O)CN1C(=O)C(NC(=O)Nc2cccc(C(=O)O)c2)CN(c2ccccc2)c2ccccc21.[Ca+2].[H-].[H-]. The number of hydrogen-bond acceptors (Lipinski definition) is 5. The van der Waals surface area contributed by atoms with Gasteiger partial charge in [-0.05, 0) is 42.5 Å². The first-order valence-corrected chi connectivity index (χ1v) is 12.2. The summed E-state index contributed by atoms with van der Waals surface area (Å²) in [6, 6.07) is 20.9. The van der Waals surface area contributed by atoms with E-state index in [1.54, 1.807) is 39.0 Å². The van der Waals surface area contributed by atoms with Crippen LogP contribution in [0.3, 0.4) is 0 Å².